The molecule has 1 rings (SSSR count). The SMILES string of the molecule is C1CCCCC1.[N]. The Labute approximate surface area is 45.7 Å². The molecule has 1 saturated carbocycles. The third-order valence-electron chi connectivity index (χ3n) is 1.50. The summed E-state index contributed by atoms with van der Waals surface area (Å²) >= 11 is 0. The van der Waals surface area contributed by atoms with E-state index in [1.807, 2.05) is 0 Å². The summed E-state index contributed by atoms with van der Waals surface area (Å²) in [6.45, 7) is 0. The fourth-order valence-electron chi connectivity index (χ4n) is 1.06. The molecule has 3 radical (unpaired) electrons. The largest absolute Gasteiger partial charge is 0.0533 e. The summed E-state index contributed by atoms with van der Waals surface area (Å²) in [5, 5.41) is 0. The zero-order valence-electron chi connectivity index (χ0n) is 4.69. The number of hydrogen-bond donors (Lipinski definition) is 0. The van der Waals surface area contributed by atoms with Crippen molar-refractivity contribution < 1.29 is 0 Å². The molecular formula is C6H12N. The minimum atomic E-state index is 0. The lowest BCUT2D eigenvalue weighted by atomic mass is 10.0. The molecule has 41 valence electrons. The molecule has 0 spiro atoms. The van der Waals surface area contributed by atoms with E-state index in [9.17, 15) is 0 Å². The van der Waals surface area contributed by atoms with Crippen molar-refractivity contribution in [2.45, 2.75) is 38.5 Å². The van der Waals surface area contributed by atoms with Crippen molar-refractivity contribution in [3.63, 3.8) is 0 Å². The highest BCUT2D eigenvalue weighted by Gasteiger charge is 1.95. The van der Waals surface area contributed by atoms with Crippen LogP contribution >= 0.6 is 0 Å². The van der Waals surface area contributed by atoms with Gasteiger partial charge < -0.3 is 0 Å². The van der Waals surface area contributed by atoms with Gasteiger partial charge in [0.1, 0.15) is 0 Å². The van der Waals surface area contributed by atoms with Crippen molar-refractivity contribution in [2.75, 3.05) is 0 Å². The summed E-state index contributed by atoms with van der Waals surface area (Å²) in [6, 6.07) is 0. The monoisotopic (exact) mass is 98.1 g/mol. The summed E-state index contributed by atoms with van der Waals surface area (Å²) in [5.74, 6) is 0. The predicted molar refractivity (Wildman–Crippen MR) is 29.8 cm³/mol. The third kappa shape index (κ3) is 2.63. The van der Waals surface area contributed by atoms with E-state index in [2.05, 4.69) is 0 Å². The van der Waals surface area contributed by atoms with Gasteiger partial charge in [0.2, 0.25) is 0 Å². The molecular weight excluding hydrogens is 86.1 g/mol. The Kier molecular flexibility index (Phi) is 4.10. The van der Waals surface area contributed by atoms with Crippen LogP contribution < -0.4 is 6.15 Å². The van der Waals surface area contributed by atoms with Crippen LogP contribution in [0.15, 0.2) is 0 Å². The van der Waals surface area contributed by atoms with Crippen LogP contribution in [0.2, 0.25) is 0 Å². The molecule has 1 fully saturated rings. The highest BCUT2D eigenvalue weighted by atomic mass is 14.0. The number of rotatable bonds is 0. The zero-order valence-corrected chi connectivity index (χ0v) is 4.69. The van der Waals surface area contributed by atoms with E-state index in [1.54, 1.807) is 0 Å². The summed E-state index contributed by atoms with van der Waals surface area (Å²) in [5.41, 5.74) is 0. The molecule has 0 atom stereocenters. The van der Waals surface area contributed by atoms with Gasteiger partial charge in [0.25, 0.3) is 0 Å². The van der Waals surface area contributed by atoms with E-state index in [-0.39, 0.29) is 6.15 Å². The van der Waals surface area contributed by atoms with Crippen LogP contribution in [-0.2, 0) is 0 Å². The lowest BCUT2D eigenvalue weighted by Crippen LogP contribution is -1.85. The summed E-state index contributed by atoms with van der Waals surface area (Å²) in [4.78, 5) is 0. The molecule has 1 aliphatic rings. The summed E-state index contributed by atoms with van der Waals surface area (Å²) in [7, 11) is 0. The zero-order chi connectivity index (χ0) is 4.24. The number of nitrogens with zero attached hydrogens (tertiary/aromatic N) is 1. The first-order chi connectivity index (χ1) is 3.00. The molecule has 1 heteroatoms. The van der Waals surface area contributed by atoms with Crippen LogP contribution in [0.3, 0.4) is 0 Å². The van der Waals surface area contributed by atoms with Crippen LogP contribution in [0, 0.1) is 0 Å². The van der Waals surface area contributed by atoms with Gasteiger partial charge >= 0.3 is 0 Å². The lowest BCUT2D eigenvalue weighted by Gasteiger charge is -2.05. The van der Waals surface area contributed by atoms with Gasteiger partial charge in [-0.2, -0.15) is 0 Å². The van der Waals surface area contributed by atoms with Crippen molar-refractivity contribution in [3.05, 3.63) is 0 Å². The Morgan fingerprint density at radius 1 is 0.429 bits per heavy atom. The molecule has 0 bridgehead atoms. The van der Waals surface area contributed by atoms with Gasteiger partial charge in [-0.05, 0) is 0 Å². The van der Waals surface area contributed by atoms with E-state index < -0.39 is 0 Å². The van der Waals surface area contributed by atoms with Crippen LogP contribution in [0.5, 0.6) is 0 Å². The molecule has 0 amide bonds. The van der Waals surface area contributed by atoms with Crippen LogP contribution in [0.1, 0.15) is 38.5 Å². The normalized spacial score (nSPS) is 20.6. The molecule has 1 nitrogen and oxygen atoms in total. The standard InChI is InChI=1S/C6H12.N/c1-2-4-6-5-3-1;/h1-6H2;. The second-order valence-electron chi connectivity index (χ2n) is 2.12. The molecule has 0 aromatic heterocycles. The highest BCUT2D eigenvalue weighted by molar-refractivity contribution is 4.51. The Balaban J connectivity index is 0.000000360. The maximum Gasteiger partial charge on any atom is 0 e. The van der Waals surface area contributed by atoms with Gasteiger partial charge in [-0.3, -0.25) is 0 Å². The lowest BCUT2D eigenvalue weighted by molar-refractivity contribution is 0.504. The maximum absolute atomic E-state index is 1.50. The fraction of sp³-hybridized carbons (Fsp3) is 1.00. The smallest absolute Gasteiger partial charge is 0 e. The topological polar surface area (TPSA) is 30.5 Å². The first kappa shape index (κ1) is 6.96. The molecule has 7 heavy (non-hydrogen) atoms. The highest BCUT2D eigenvalue weighted by Crippen LogP contribution is 2.15. The van der Waals surface area contributed by atoms with E-state index in [4.69, 9.17) is 0 Å². The third-order valence-corrected chi connectivity index (χ3v) is 1.50. The van der Waals surface area contributed by atoms with Crippen molar-refractivity contribution in [2.24, 2.45) is 0 Å². The molecule has 0 unspecified atom stereocenters. The van der Waals surface area contributed by atoms with Crippen molar-refractivity contribution in [1.29, 1.82) is 0 Å². The molecule has 0 N–H and O–H groups in total. The fourth-order valence-corrected chi connectivity index (χ4v) is 1.06. The molecule has 0 aromatic carbocycles. The van der Waals surface area contributed by atoms with Gasteiger partial charge in [-0.15, -0.1) is 0 Å². The average Bonchev–Trinajstić information content (AvgIpc) is 1.72. The first-order valence-electron chi connectivity index (χ1n) is 3.00. The van der Waals surface area contributed by atoms with E-state index in [0.717, 1.165) is 0 Å². The molecule has 1 aliphatic carbocycles. The van der Waals surface area contributed by atoms with Gasteiger partial charge in [-0.25, -0.2) is 0 Å². The van der Waals surface area contributed by atoms with Crippen LogP contribution in [0.25, 0.3) is 0 Å². The second-order valence-corrected chi connectivity index (χ2v) is 2.12. The second kappa shape index (κ2) is 4.13. The van der Waals surface area contributed by atoms with Gasteiger partial charge in [0, 0.05) is 6.15 Å². The average molecular weight is 98.2 g/mol. The predicted octanol–water partition coefficient (Wildman–Crippen LogP) is 1.86. The Bertz CT molecular complexity index is 19.7. The van der Waals surface area contributed by atoms with Crippen molar-refractivity contribution in [3.8, 4) is 0 Å². The summed E-state index contributed by atoms with van der Waals surface area (Å²) in [6.07, 6.45) is 9.00. The van der Waals surface area contributed by atoms with Crippen molar-refractivity contribution in [1.82, 2.24) is 6.15 Å². The Morgan fingerprint density at radius 3 is 0.714 bits per heavy atom. The maximum atomic E-state index is 1.50. The van der Waals surface area contributed by atoms with E-state index >= 15 is 0 Å². The Morgan fingerprint density at radius 2 is 0.571 bits per heavy atom. The van der Waals surface area contributed by atoms with Crippen LogP contribution in [-0.4, -0.2) is 0 Å². The quantitative estimate of drug-likeness (QED) is 0.442. The number of hydrogen-bond acceptors (Lipinski definition) is 0. The van der Waals surface area contributed by atoms with Crippen molar-refractivity contribution >= 4 is 0 Å². The first-order valence-corrected chi connectivity index (χ1v) is 3.00. The molecule has 0 aliphatic heterocycles. The van der Waals surface area contributed by atoms with E-state index in [0.29, 0.717) is 0 Å². The molecule has 0 saturated heterocycles. The Hall–Kier alpha value is -0.0400. The molecule has 0 heterocycles. The summed E-state index contributed by atoms with van der Waals surface area (Å²) < 4.78 is 0. The molecule has 0 aromatic rings. The van der Waals surface area contributed by atoms with Gasteiger partial charge in [-0.1, -0.05) is 38.5 Å². The van der Waals surface area contributed by atoms with E-state index in [1.165, 1.54) is 38.5 Å². The van der Waals surface area contributed by atoms with Crippen LogP contribution in [0.4, 0.5) is 0 Å². The van der Waals surface area contributed by atoms with Gasteiger partial charge in [0.15, 0.2) is 0 Å². The minimum Gasteiger partial charge on any atom is -0.0533 e. The van der Waals surface area contributed by atoms with Gasteiger partial charge in [0.05, 0.1) is 0 Å². The minimum absolute atomic E-state index is 0.